The first-order valence-corrected chi connectivity index (χ1v) is 9.24. The average molecular weight is 337 g/mol. The van der Waals surface area contributed by atoms with Crippen LogP contribution in [0.15, 0.2) is 34.1 Å². The Bertz CT molecular complexity index is 717. The van der Waals surface area contributed by atoms with Crippen molar-refractivity contribution in [1.82, 2.24) is 4.72 Å². The highest BCUT2D eigenvalue weighted by molar-refractivity contribution is 7.89. The van der Waals surface area contributed by atoms with Gasteiger partial charge in [0.15, 0.2) is 0 Å². The minimum atomic E-state index is -4.94. The van der Waals surface area contributed by atoms with E-state index in [1.807, 2.05) is 6.92 Å². The normalized spacial score (nSPS) is 23.9. The molecule has 0 bridgehead atoms. The molecule has 9 heteroatoms. The molecule has 1 aromatic carbocycles. The molecule has 1 saturated heterocycles. The first kappa shape index (κ1) is 16.3. The molecule has 1 N–H and O–H groups in total. The maximum Gasteiger partial charge on any atom is 0.332 e. The van der Waals surface area contributed by atoms with Gasteiger partial charge in [-0.25, -0.2) is 13.1 Å². The van der Waals surface area contributed by atoms with Crippen LogP contribution >= 0.6 is 0 Å². The lowest BCUT2D eigenvalue weighted by molar-refractivity contribution is 0.0173. The van der Waals surface area contributed by atoms with Crippen LogP contribution in [0.4, 0.5) is 3.89 Å². The van der Waals surface area contributed by atoms with E-state index in [0.29, 0.717) is 19.4 Å². The van der Waals surface area contributed by atoms with Crippen molar-refractivity contribution in [2.75, 3.05) is 6.61 Å². The second-order valence-electron chi connectivity index (χ2n) is 4.94. The second kappa shape index (κ2) is 5.99. The summed E-state index contributed by atoms with van der Waals surface area (Å²) in [6, 6.07) is 3.93. The Labute approximate surface area is 123 Å². The molecule has 2 rings (SSSR count). The fraction of sp³-hybridized carbons (Fsp3) is 0.500. The Morgan fingerprint density at radius 1 is 1.24 bits per heavy atom. The highest BCUT2D eigenvalue weighted by Gasteiger charge is 2.26. The molecule has 1 fully saturated rings. The summed E-state index contributed by atoms with van der Waals surface area (Å²) in [4.78, 5) is -0.953. The van der Waals surface area contributed by atoms with Crippen LogP contribution in [0.3, 0.4) is 0 Å². The molecule has 0 aromatic heterocycles. The van der Waals surface area contributed by atoms with E-state index in [2.05, 4.69) is 4.72 Å². The molecule has 6 nitrogen and oxygen atoms in total. The van der Waals surface area contributed by atoms with E-state index in [1.54, 1.807) is 0 Å². The zero-order valence-corrected chi connectivity index (χ0v) is 13.0. The molecule has 0 saturated carbocycles. The highest BCUT2D eigenvalue weighted by Crippen LogP contribution is 2.20. The Kier molecular flexibility index (Phi) is 4.66. The van der Waals surface area contributed by atoms with Crippen molar-refractivity contribution < 1.29 is 25.5 Å². The first-order chi connectivity index (χ1) is 9.68. The van der Waals surface area contributed by atoms with Gasteiger partial charge in [0.25, 0.3) is 0 Å². The van der Waals surface area contributed by atoms with Gasteiger partial charge < -0.3 is 4.74 Å². The van der Waals surface area contributed by atoms with Crippen LogP contribution in [0, 0.1) is 0 Å². The van der Waals surface area contributed by atoms with Gasteiger partial charge in [-0.2, -0.15) is 8.42 Å². The number of halogens is 1. The molecular weight excluding hydrogens is 321 g/mol. The maximum atomic E-state index is 12.9. The highest BCUT2D eigenvalue weighted by atomic mass is 32.3. The van der Waals surface area contributed by atoms with Crippen LogP contribution < -0.4 is 4.72 Å². The van der Waals surface area contributed by atoms with E-state index in [4.69, 9.17) is 4.74 Å². The number of hydrogen-bond donors (Lipinski definition) is 1. The molecule has 0 radical (unpaired) electrons. The molecule has 1 aromatic rings. The Balaban J connectivity index is 2.23. The van der Waals surface area contributed by atoms with Gasteiger partial charge >= 0.3 is 10.2 Å². The fourth-order valence-corrected chi connectivity index (χ4v) is 4.10. The van der Waals surface area contributed by atoms with Crippen LogP contribution in [0.1, 0.15) is 19.8 Å². The summed E-state index contributed by atoms with van der Waals surface area (Å²) in [6.45, 7) is 2.30. The van der Waals surface area contributed by atoms with Gasteiger partial charge in [0, 0.05) is 12.6 Å². The standard InChI is InChI=1S/C12H16FNO5S2/c1-9-7-10(5-6-19-9)14-21(17,18)12-4-2-3-11(8-12)20(13,15)16/h2-4,8-10,14H,5-7H2,1H3. The minimum Gasteiger partial charge on any atom is -0.378 e. The summed E-state index contributed by atoms with van der Waals surface area (Å²) in [5.41, 5.74) is 0. The predicted octanol–water partition coefficient (Wildman–Crippen LogP) is 1.19. The molecule has 118 valence electrons. The smallest absolute Gasteiger partial charge is 0.332 e. The first-order valence-electron chi connectivity index (χ1n) is 6.37. The molecule has 1 aliphatic rings. The topological polar surface area (TPSA) is 89.5 Å². The second-order valence-corrected chi connectivity index (χ2v) is 8.00. The van der Waals surface area contributed by atoms with E-state index < -0.39 is 25.1 Å². The number of benzene rings is 1. The Morgan fingerprint density at radius 2 is 1.90 bits per heavy atom. The quantitative estimate of drug-likeness (QED) is 0.834. The minimum absolute atomic E-state index is 0.0518. The summed E-state index contributed by atoms with van der Waals surface area (Å²) in [5.74, 6) is 0. The van der Waals surface area contributed by atoms with Crippen LogP contribution in [0.5, 0.6) is 0 Å². The van der Waals surface area contributed by atoms with E-state index in [9.17, 15) is 20.7 Å². The molecule has 0 spiro atoms. The number of sulfonamides is 1. The summed E-state index contributed by atoms with van der Waals surface area (Å²) in [7, 11) is -8.84. The molecule has 0 amide bonds. The van der Waals surface area contributed by atoms with Crippen LogP contribution in [0.25, 0.3) is 0 Å². The van der Waals surface area contributed by atoms with Gasteiger partial charge in [-0.1, -0.05) is 6.07 Å². The summed E-state index contributed by atoms with van der Waals surface area (Å²) in [5, 5.41) is 0. The van der Waals surface area contributed by atoms with Gasteiger partial charge in [0.1, 0.15) is 0 Å². The number of rotatable bonds is 4. The van der Waals surface area contributed by atoms with Gasteiger partial charge in [0.05, 0.1) is 15.9 Å². The molecular formula is C12H16FNO5S2. The molecule has 0 aliphatic carbocycles. The van der Waals surface area contributed by atoms with E-state index >= 15 is 0 Å². The lowest BCUT2D eigenvalue weighted by Gasteiger charge is -2.27. The van der Waals surface area contributed by atoms with Crippen molar-refractivity contribution in [3.8, 4) is 0 Å². The van der Waals surface area contributed by atoms with Crippen molar-refractivity contribution in [3.05, 3.63) is 24.3 Å². The van der Waals surface area contributed by atoms with Crippen molar-refractivity contribution >= 4 is 20.2 Å². The molecule has 2 unspecified atom stereocenters. The van der Waals surface area contributed by atoms with Gasteiger partial charge in [-0.3, -0.25) is 0 Å². The summed E-state index contributed by atoms with van der Waals surface area (Å²) in [6.07, 6.45) is 1.01. The van der Waals surface area contributed by atoms with Crippen molar-refractivity contribution in [3.63, 3.8) is 0 Å². The molecule has 2 atom stereocenters. The average Bonchev–Trinajstić information content (AvgIpc) is 2.37. The van der Waals surface area contributed by atoms with E-state index in [0.717, 1.165) is 12.1 Å². The van der Waals surface area contributed by atoms with Crippen molar-refractivity contribution in [2.24, 2.45) is 0 Å². The van der Waals surface area contributed by atoms with E-state index in [1.165, 1.54) is 12.1 Å². The fourth-order valence-electron chi connectivity index (χ4n) is 2.19. The van der Waals surface area contributed by atoms with Crippen LogP contribution in [-0.4, -0.2) is 35.6 Å². The third kappa shape index (κ3) is 4.22. The third-order valence-corrected chi connectivity index (χ3v) is 5.54. The largest absolute Gasteiger partial charge is 0.378 e. The summed E-state index contributed by atoms with van der Waals surface area (Å²) >= 11 is 0. The van der Waals surface area contributed by atoms with E-state index in [-0.39, 0.29) is 17.0 Å². The van der Waals surface area contributed by atoms with Crippen LogP contribution in [0.2, 0.25) is 0 Å². The van der Waals surface area contributed by atoms with Gasteiger partial charge in [0.2, 0.25) is 10.0 Å². The summed E-state index contributed by atoms with van der Waals surface area (Å²) < 4.78 is 66.9. The Morgan fingerprint density at radius 3 is 2.52 bits per heavy atom. The van der Waals surface area contributed by atoms with Crippen LogP contribution in [-0.2, 0) is 25.0 Å². The lowest BCUT2D eigenvalue weighted by Crippen LogP contribution is -2.41. The molecule has 21 heavy (non-hydrogen) atoms. The van der Waals surface area contributed by atoms with Crippen molar-refractivity contribution in [2.45, 2.75) is 41.7 Å². The lowest BCUT2D eigenvalue weighted by atomic mass is 10.1. The van der Waals surface area contributed by atoms with Gasteiger partial charge in [-0.05, 0) is 38.0 Å². The zero-order chi connectivity index (χ0) is 15.7. The predicted molar refractivity (Wildman–Crippen MR) is 73.5 cm³/mol. The third-order valence-electron chi connectivity index (χ3n) is 3.20. The SMILES string of the molecule is CC1CC(NS(=O)(=O)c2cccc(S(=O)(=O)F)c2)CCO1. The molecule has 1 heterocycles. The number of hydrogen-bond acceptors (Lipinski definition) is 5. The zero-order valence-electron chi connectivity index (χ0n) is 11.3. The molecule has 1 aliphatic heterocycles. The number of nitrogens with one attached hydrogen (secondary N) is 1. The van der Waals surface area contributed by atoms with Gasteiger partial charge in [-0.15, -0.1) is 3.89 Å². The number of ether oxygens (including phenoxy) is 1. The Hall–Kier alpha value is -1.03. The van der Waals surface area contributed by atoms with Crippen molar-refractivity contribution in [1.29, 1.82) is 0 Å². The maximum absolute atomic E-state index is 12.9. The monoisotopic (exact) mass is 337 g/mol.